The third kappa shape index (κ3) is 6.56. The number of ether oxygens (including phenoxy) is 2. The monoisotopic (exact) mass is 591 g/mol. The molecule has 1 fully saturated rings. The van der Waals surface area contributed by atoms with Gasteiger partial charge in [0.05, 0.1) is 34.2 Å². The van der Waals surface area contributed by atoms with E-state index in [4.69, 9.17) is 21.3 Å². The summed E-state index contributed by atoms with van der Waals surface area (Å²) in [7, 11) is 0. The van der Waals surface area contributed by atoms with Gasteiger partial charge < -0.3 is 19.1 Å². The summed E-state index contributed by atoms with van der Waals surface area (Å²) in [6.07, 6.45) is -0.642. The number of carboxylic acids is 1. The summed E-state index contributed by atoms with van der Waals surface area (Å²) in [6, 6.07) is 9.89. The number of rotatable bonds is 8. The molecule has 2 heterocycles. The van der Waals surface area contributed by atoms with Gasteiger partial charge in [-0.2, -0.15) is 0 Å². The lowest BCUT2D eigenvalue weighted by Gasteiger charge is -2.28. The SMILES string of the molecule is Cc1ccc(COc2cc3c(cc2Cl)nc([C@H]2CCCC[C@H]2C(=O)O)n3Cc2ccc(OC(F)(F)F)cc2F)nc1. The van der Waals surface area contributed by atoms with Crippen LogP contribution in [0.5, 0.6) is 11.5 Å². The van der Waals surface area contributed by atoms with Crippen LogP contribution in [0.3, 0.4) is 0 Å². The highest BCUT2D eigenvalue weighted by Gasteiger charge is 2.36. The fraction of sp³-hybridized carbons (Fsp3) is 0.345. The Hall–Kier alpha value is -3.86. The van der Waals surface area contributed by atoms with E-state index >= 15 is 4.39 Å². The Kier molecular flexibility index (Phi) is 8.08. The number of alkyl halides is 3. The van der Waals surface area contributed by atoms with E-state index in [-0.39, 0.29) is 23.7 Å². The number of aliphatic carboxylic acids is 1. The van der Waals surface area contributed by atoms with Gasteiger partial charge in [-0.25, -0.2) is 9.37 Å². The topological polar surface area (TPSA) is 86.5 Å². The fourth-order valence-corrected chi connectivity index (χ4v) is 5.41. The van der Waals surface area contributed by atoms with Crippen molar-refractivity contribution in [3.63, 3.8) is 0 Å². The first-order valence-electron chi connectivity index (χ1n) is 13.0. The summed E-state index contributed by atoms with van der Waals surface area (Å²) in [5.41, 5.74) is 2.72. The molecule has 0 spiro atoms. The van der Waals surface area contributed by atoms with E-state index in [9.17, 15) is 23.1 Å². The zero-order chi connectivity index (χ0) is 29.3. The minimum atomic E-state index is -4.96. The Morgan fingerprint density at radius 3 is 2.61 bits per heavy atom. The lowest BCUT2D eigenvalue weighted by atomic mass is 9.78. The normalized spacial score (nSPS) is 17.5. The molecule has 216 valence electrons. The van der Waals surface area contributed by atoms with Crippen molar-refractivity contribution in [2.45, 2.75) is 58.0 Å². The van der Waals surface area contributed by atoms with Crippen molar-refractivity contribution < 1.29 is 36.9 Å². The van der Waals surface area contributed by atoms with Crippen LogP contribution in [0.25, 0.3) is 11.0 Å². The minimum Gasteiger partial charge on any atom is -0.486 e. The molecule has 1 aliphatic rings. The first-order chi connectivity index (χ1) is 19.5. The number of fused-ring (bicyclic) bond motifs is 1. The number of carbonyl (C=O) groups is 1. The second-order valence-corrected chi connectivity index (χ2v) is 10.5. The van der Waals surface area contributed by atoms with E-state index < -0.39 is 35.7 Å². The van der Waals surface area contributed by atoms with Crippen molar-refractivity contribution in [2.75, 3.05) is 0 Å². The molecule has 2 aromatic heterocycles. The van der Waals surface area contributed by atoms with Crippen LogP contribution in [0.1, 0.15) is 54.2 Å². The van der Waals surface area contributed by atoms with Gasteiger partial charge in [0.1, 0.15) is 29.7 Å². The van der Waals surface area contributed by atoms with Gasteiger partial charge in [-0.05, 0) is 43.5 Å². The third-order valence-electron chi connectivity index (χ3n) is 7.18. The molecule has 7 nitrogen and oxygen atoms in total. The zero-order valence-corrected chi connectivity index (χ0v) is 22.7. The van der Waals surface area contributed by atoms with Gasteiger partial charge >= 0.3 is 12.3 Å². The van der Waals surface area contributed by atoms with Gasteiger partial charge in [0.25, 0.3) is 0 Å². The van der Waals surface area contributed by atoms with Gasteiger partial charge in [0, 0.05) is 29.8 Å². The molecule has 41 heavy (non-hydrogen) atoms. The van der Waals surface area contributed by atoms with E-state index in [1.54, 1.807) is 22.9 Å². The highest BCUT2D eigenvalue weighted by Crippen LogP contribution is 2.41. The van der Waals surface area contributed by atoms with Crippen LogP contribution in [0, 0.1) is 18.7 Å². The van der Waals surface area contributed by atoms with Gasteiger partial charge in [-0.1, -0.05) is 36.6 Å². The van der Waals surface area contributed by atoms with Crippen molar-refractivity contribution >= 4 is 28.6 Å². The van der Waals surface area contributed by atoms with Gasteiger partial charge in [0.2, 0.25) is 0 Å². The number of benzene rings is 2. The lowest BCUT2D eigenvalue weighted by Crippen LogP contribution is -2.28. The third-order valence-corrected chi connectivity index (χ3v) is 7.48. The summed E-state index contributed by atoms with van der Waals surface area (Å²) >= 11 is 6.52. The van der Waals surface area contributed by atoms with Crippen molar-refractivity contribution in [3.05, 3.63) is 82.1 Å². The molecule has 0 amide bonds. The van der Waals surface area contributed by atoms with Crippen LogP contribution in [0.4, 0.5) is 17.6 Å². The van der Waals surface area contributed by atoms with E-state index in [0.717, 1.165) is 24.5 Å². The minimum absolute atomic E-state index is 0.0732. The number of nitrogens with zero attached hydrogens (tertiary/aromatic N) is 3. The summed E-state index contributed by atoms with van der Waals surface area (Å²) in [6.45, 7) is 1.93. The summed E-state index contributed by atoms with van der Waals surface area (Å²) in [5.74, 6) is -2.91. The number of hydrogen-bond acceptors (Lipinski definition) is 5. The van der Waals surface area contributed by atoms with Crippen LogP contribution >= 0.6 is 11.6 Å². The number of hydrogen-bond donors (Lipinski definition) is 1. The number of aryl methyl sites for hydroxylation is 1. The molecule has 0 saturated heterocycles. The number of halogens is 5. The number of aromatic nitrogens is 3. The smallest absolute Gasteiger partial charge is 0.486 e. The highest BCUT2D eigenvalue weighted by atomic mass is 35.5. The molecule has 0 aliphatic heterocycles. The summed E-state index contributed by atoms with van der Waals surface area (Å²) in [4.78, 5) is 21.2. The maximum Gasteiger partial charge on any atom is 0.573 e. The molecule has 1 aliphatic carbocycles. The van der Waals surface area contributed by atoms with E-state index in [0.29, 0.717) is 47.2 Å². The molecule has 0 unspecified atom stereocenters. The van der Waals surface area contributed by atoms with E-state index in [2.05, 4.69) is 9.72 Å². The fourth-order valence-electron chi connectivity index (χ4n) is 5.20. The average Bonchev–Trinajstić information content (AvgIpc) is 3.25. The van der Waals surface area contributed by atoms with Crippen LogP contribution in [0.2, 0.25) is 5.02 Å². The van der Waals surface area contributed by atoms with E-state index in [1.165, 1.54) is 6.07 Å². The van der Waals surface area contributed by atoms with Crippen molar-refractivity contribution in [1.82, 2.24) is 14.5 Å². The number of imidazole rings is 1. The molecule has 4 aromatic rings. The summed E-state index contributed by atoms with van der Waals surface area (Å²) in [5, 5.41) is 10.2. The first kappa shape index (κ1) is 28.7. The van der Waals surface area contributed by atoms with Crippen LogP contribution in [0.15, 0.2) is 48.7 Å². The standard InChI is InChI=1S/C29H26ClF4N3O4/c1-16-6-8-18(35-13-16)15-40-26-12-25-24(11-22(26)30)36-27(20-4-2-3-5-21(20)28(38)39)37(25)14-17-7-9-19(10-23(17)31)41-29(32,33)34/h6-13,20-21H,2-5,14-15H2,1H3,(H,38,39)/t20-,21+/m0/s1. The lowest BCUT2D eigenvalue weighted by molar-refractivity contribution is -0.274. The zero-order valence-electron chi connectivity index (χ0n) is 21.9. The molecule has 12 heteroatoms. The molecular formula is C29H26ClF4N3O4. The Balaban J connectivity index is 1.56. The quantitative estimate of drug-likeness (QED) is 0.215. The Morgan fingerprint density at radius 1 is 1.15 bits per heavy atom. The largest absolute Gasteiger partial charge is 0.573 e. The molecule has 1 saturated carbocycles. The highest BCUT2D eigenvalue weighted by molar-refractivity contribution is 6.32. The Bertz CT molecular complexity index is 1570. The van der Waals surface area contributed by atoms with Crippen LogP contribution in [-0.4, -0.2) is 32.0 Å². The second kappa shape index (κ2) is 11.6. The van der Waals surface area contributed by atoms with Crippen molar-refractivity contribution in [3.8, 4) is 11.5 Å². The molecule has 2 aromatic carbocycles. The molecular weight excluding hydrogens is 566 g/mol. The maximum atomic E-state index is 15.0. The van der Waals surface area contributed by atoms with Gasteiger partial charge in [0.15, 0.2) is 0 Å². The maximum absolute atomic E-state index is 15.0. The molecule has 5 rings (SSSR count). The molecule has 0 bridgehead atoms. The van der Waals surface area contributed by atoms with Crippen molar-refractivity contribution in [1.29, 1.82) is 0 Å². The Labute approximate surface area is 237 Å². The first-order valence-corrected chi connectivity index (χ1v) is 13.4. The average molecular weight is 592 g/mol. The Morgan fingerprint density at radius 2 is 1.93 bits per heavy atom. The van der Waals surface area contributed by atoms with Crippen LogP contribution in [-0.2, 0) is 17.9 Å². The van der Waals surface area contributed by atoms with Gasteiger partial charge in [-0.15, -0.1) is 13.2 Å². The predicted molar refractivity (Wildman–Crippen MR) is 143 cm³/mol. The summed E-state index contributed by atoms with van der Waals surface area (Å²) < 4.78 is 64.5. The van der Waals surface area contributed by atoms with Gasteiger partial charge in [-0.3, -0.25) is 9.78 Å². The number of carboxylic acid groups (broad SMARTS) is 1. The molecule has 2 atom stereocenters. The second-order valence-electron chi connectivity index (χ2n) is 10.1. The number of pyridine rings is 1. The van der Waals surface area contributed by atoms with Crippen LogP contribution < -0.4 is 9.47 Å². The van der Waals surface area contributed by atoms with Crippen molar-refractivity contribution in [2.24, 2.45) is 5.92 Å². The predicted octanol–water partition coefficient (Wildman–Crippen LogP) is 7.42. The molecule has 0 radical (unpaired) electrons. The molecule has 1 N–H and O–H groups in total. The van der Waals surface area contributed by atoms with E-state index in [1.807, 2.05) is 19.1 Å².